The summed E-state index contributed by atoms with van der Waals surface area (Å²) in [5, 5.41) is 49.2. The predicted octanol–water partition coefficient (Wildman–Crippen LogP) is 7.06. The molecule has 0 amide bonds. The zero-order valence-corrected chi connectivity index (χ0v) is 40.5. The number of carbonyl (C=O) groups is 4. The van der Waals surface area contributed by atoms with Crippen molar-refractivity contribution in [2.75, 3.05) is 0 Å². The second-order valence-electron chi connectivity index (χ2n) is 24.5. The van der Waals surface area contributed by atoms with E-state index in [-0.39, 0.29) is 38.5 Å². The molecule has 0 aromatic carbocycles. The lowest BCUT2D eigenvalue weighted by Crippen LogP contribution is -2.62. The lowest BCUT2D eigenvalue weighted by Gasteiger charge is -2.52. The van der Waals surface area contributed by atoms with Crippen molar-refractivity contribution in [3.8, 4) is 0 Å². The van der Waals surface area contributed by atoms with Crippen molar-refractivity contribution in [2.45, 2.75) is 244 Å². The third-order valence-corrected chi connectivity index (χ3v) is 14.7. The van der Waals surface area contributed by atoms with Gasteiger partial charge in [-0.05, 0) is 124 Å². The van der Waals surface area contributed by atoms with Gasteiger partial charge >= 0.3 is 23.9 Å². The van der Waals surface area contributed by atoms with E-state index in [1.807, 2.05) is 111 Å². The Kier molecular flexibility index (Phi) is 13.7. The number of hydrogen-bond acceptors (Lipinski definition) is 16. The van der Waals surface area contributed by atoms with Gasteiger partial charge in [-0.1, -0.05) is 0 Å². The number of carbonyl (C=O) groups excluding carboxylic acids is 4. The van der Waals surface area contributed by atoms with E-state index in [0.717, 1.165) is 0 Å². The second kappa shape index (κ2) is 16.8. The van der Waals surface area contributed by atoms with E-state index in [0.29, 0.717) is 25.7 Å². The van der Waals surface area contributed by atoms with Crippen LogP contribution in [0.15, 0.2) is 0 Å². The van der Waals surface area contributed by atoms with Crippen LogP contribution in [0.1, 0.15) is 175 Å². The summed E-state index contributed by atoms with van der Waals surface area (Å²) in [7, 11) is 0. The minimum atomic E-state index is -1.51. The zero-order chi connectivity index (χ0) is 47.1. The summed E-state index contributed by atoms with van der Waals surface area (Å²) in [5.41, 5.74) is -6.18. The highest BCUT2D eigenvalue weighted by Gasteiger charge is 2.58. The number of hydrogen-bond donors (Lipinski definition) is 4. The standard InChI is InChI=1S/C46H80N4O12/c1-39(2)19-27(20-40(3,4)47(39)55)59-35(51)31-17-18-32(36(52)60-28-21-41(5,6)48(56)42(7,8)22-28)34(38(54)62-30-25-45(13,14)50(58)46(15,16)26-30)33(31)37(53)61-29-23-43(9,10)49(57)44(11,12)24-29/h27-34,55-58H,17-26H2,1-16H3. The van der Waals surface area contributed by atoms with Crippen LogP contribution in [0.3, 0.4) is 0 Å². The SMILES string of the molecule is CC1(C)CC(OC(=O)C2CCC(C(=O)OC3CC(C)(C)N(O)C(C)(C)C3)C(C(=O)OC3CC(C)(C)N(O)C(C)(C)C3)C2C(=O)OC2CC(C)(C)N(O)C(C)(C)C2)CC(C)(C)N1O. The van der Waals surface area contributed by atoms with Crippen LogP contribution in [-0.4, -0.2) is 134 Å². The van der Waals surface area contributed by atoms with Crippen LogP contribution in [-0.2, 0) is 38.1 Å². The van der Waals surface area contributed by atoms with Gasteiger partial charge in [0.2, 0.25) is 0 Å². The van der Waals surface area contributed by atoms with E-state index in [4.69, 9.17) is 18.9 Å². The molecule has 0 spiro atoms. The van der Waals surface area contributed by atoms with E-state index >= 15 is 9.59 Å². The van der Waals surface area contributed by atoms with Crippen LogP contribution in [0.5, 0.6) is 0 Å². The summed E-state index contributed by atoms with van der Waals surface area (Å²) in [6.45, 7) is 29.6. The summed E-state index contributed by atoms with van der Waals surface area (Å²) in [6, 6.07) is 0. The number of nitrogens with zero attached hydrogens (tertiary/aromatic N) is 4. The average molecular weight is 881 g/mol. The van der Waals surface area contributed by atoms with Crippen molar-refractivity contribution >= 4 is 23.9 Å². The molecule has 0 radical (unpaired) electrons. The molecule has 0 aromatic rings. The van der Waals surface area contributed by atoms with Gasteiger partial charge in [-0.25, -0.2) is 0 Å². The van der Waals surface area contributed by atoms with Gasteiger partial charge in [0.1, 0.15) is 24.4 Å². The number of piperidine rings is 4. The Balaban J connectivity index is 1.56. The van der Waals surface area contributed by atoms with Crippen LogP contribution in [0.4, 0.5) is 0 Å². The molecule has 1 aliphatic carbocycles. The highest BCUT2D eigenvalue weighted by atomic mass is 16.6. The molecule has 0 bridgehead atoms. The van der Waals surface area contributed by atoms with Crippen molar-refractivity contribution in [1.29, 1.82) is 0 Å². The molecule has 62 heavy (non-hydrogen) atoms. The Morgan fingerprint density at radius 1 is 0.339 bits per heavy atom. The van der Waals surface area contributed by atoms with E-state index in [1.54, 1.807) is 0 Å². The van der Waals surface area contributed by atoms with Gasteiger partial charge < -0.3 is 39.8 Å². The van der Waals surface area contributed by atoms with E-state index in [9.17, 15) is 30.4 Å². The molecule has 4 unspecified atom stereocenters. The third kappa shape index (κ3) is 10.2. The monoisotopic (exact) mass is 881 g/mol. The number of ether oxygens (including phenoxy) is 4. The smallest absolute Gasteiger partial charge is 0.310 e. The lowest BCUT2D eigenvalue weighted by molar-refractivity contribution is -0.263. The van der Waals surface area contributed by atoms with Crippen molar-refractivity contribution in [2.24, 2.45) is 23.7 Å². The highest BCUT2D eigenvalue weighted by molar-refractivity contribution is 5.91. The van der Waals surface area contributed by atoms with Crippen molar-refractivity contribution in [1.82, 2.24) is 20.3 Å². The number of hydroxylamine groups is 8. The molecule has 1 saturated carbocycles. The average Bonchev–Trinajstić information content (AvgIpc) is 3.09. The third-order valence-electron chi connectivity index (χ3n) is 14.7. The van der Waals surface area contributed by atoms with Crippen LogP contribution in [0.25, 0.3) is 0 Å². The molecule has 5 rings (SSSR count). The minimum absolute atomic E-state index is 0.00881. The first-order valence-corrected chi connectivity index (χ1v) is 22.7. The van der Waals surface area contributed by atoms with Crippen LogP contribution < -0.4 is 0 Å². The molecule has 5 aliphatic rings. The second-order valence-corrected chi connectivity index (χ2v) is 24.5. The summed E-state index contributed by atoms with van der Waals surface area (Å²) < 4.78 is 25.2. The first-order valence-electron chi connectivity index (χ1n) is 22.7. The van der Waals surface area contributed by atoms with Gasteiger partial charge in [-0.15, -0.1) is 0 Å². The molecule has 356 valence electrons. The largest absolute Gasteiger partial charge is 0.462 e. The predicted molar refractivity (Wildman–Crippen MR) is 227 cm³/mol. The fraction of sp³-hybridized carbons (Fsp3) is 0.913. The molecule has 4 saturated heterocycles. The first-order chi connectivity index (χ1) is 27.9. The Labute approximate surface area is 369 Å². The summed E-state index contributed by atoms with van der Waals surface area (Å²) in [4.78, 5) is 59.5. The molecule has 16 nitrogen and oxygen atoms in total. The molecule has 4 N–H and O–H groups in total. The minimum Gasteiger partial charge on any atom is -0.462 e. The lowest BCUT2D eigenvalue weighted by atomic mass is 9.66. The Morgan fingerprint density at radius 2 is 0.500 bits per heavy atom. The van der Waals surface area contributed by atoms with Gasteiger partial charge in [0.25, 0.3) is 0 Å². The van der Waals surface area contributed by atoms with E-state index in [1.165, 1.54) is 20.3 Å². The maximum atomic E-state index is 15.1. The number of rotatable bonds is 8. The van der Waals surface area contributed by atoms with Crippen molar-refractivity contribution in [3.05, 3.63) is 0 Å². The summed E-state index contributed by atoms with van der Waals surface area (Å²) >= 11 is 0. The van der Waals surface area contributed by atoms with Crippen molar-refractivity contribution < 1.29 is 59.0 Å². The summed E-state index contributed by atoms with van der Waals surface area (Å²) in [5.74, 6) is -8.54. The van der Waals surface area contributed by atoms with E-state index < -0.39 is 116 Å². The van der Waals surface area contributed by atoms with Gasteiger partial charge in [0.15, 0.2) is 0 Å². The molecule has 16 heteroatoms. The van der Waals surface area contributed by atoms with Crippen molar-refractivity contribution in [3.63, 3.8) is 0 Å². The van der Waals surface area contributed by atoms with E-state index in [2.05, 4.69) is 0 Å². The normalized spacial score (nSPS) is 33.0. The Bertz CT molecular complexity index is 1510. The fourth-order valence-electron chi connectivity index (χ4n) is 12.4. The van der Waals surface area contributed by atoms with Crippen LogP contribution >= 0.6 is 0 Å². The maximum Gasteiger partial charge on any atom is 0.310 e. The molecule has 4 aliphatic heterocycles. The topological polar surface area (TPSA) is 199 Å². The van der Waals surface area contributed by atoms with Crippen LogP contribution in [0, 0.1) is 23.7 Å². The molecule has 5 fully saturated rings. The first kappa shape index (κ1) is 50.6. The quantitative estimate of drug-likeness (QED) is 0.143. The zero-order valence-electron chi connectivity index (χ0n) is 40.5. The Morgan fingerprint density at radius 3 is 0.677 bits per heavy atom. The molecule has 0 aromatic heterocycles. The molecular weight excluding hydrogens is 801 g/mol. The van der Waals surface area contributed by atoms with Gasteiger partial charge in [-0.2, -0.15) is 20.3 Å². The molecule has 4 atom stereocenters. The van der Waals surface area contributed by atoms with Gasteiger partial charge in [-0.3, -0.25) is 19.2 Å². The molecular formula is C46H80N4O12. The molecule has 4 heterocycles. The van der Waals surface area contributed by atoms with Crippen LogP contribution in [0.2, 0.25) is 0 Å². The maximum absolute atomic E-state index is 15.1. The number of esters is 4. The fourth-order valence-corrected chi connectivity index (χ4v) is 12.4. The van der Waals surface area contributed by atoms with Gasteiger partial charge in [0.05, 0.1) is 23.7 Å². The highest BCUT2D eigenvalue weighted by Crippen LogP contribution is 2.48. The Hall–Kier alpha value is -2.44. The van der Waals surface area contributed by atoms with Gasteiger partial charge in [0, 0.05) is 95.7 Å². The summed E-state index contributed by atoms with van der Waals surface area (Å²) in [6.07, 6.45) is -0.434.